The van der Waals surface area contributed by atoms with E-state index in [1.165, 1.54) is 0 Å². The molecule has 20 heavy (non-hydrogen) atoms. The minimum atomic E-state index is -0.821. The van der Waals surface area contributed by atoms with E-state index >= 15 is 0 Å². The van der Waals surface area contributed by atoms with Gasteiger partial charge in [0, 0.05) is 12.2 Å². The SMILES string of the molecule is CCc1cccc(NC(=O)C(=O)NCC2(O)CCC2)c1. The summed E-state index contributed by atoms with van der Waals surface area (Å²) in [5.74, 6) is -1.42. The summed E-state index contributed by atoms with van der Waals surface area (Å²) in [6.45, 7) is 2.15. The second kappa shape index (κ2) is 6.05. The molecular formula is C15H20N2O3. The first-order valence-electron chi connectivity index (χ1n) is 6.93. The number of amides is 2. The number of anilines is 1. The molecule has 1 aliphatic carbocycles. The molecule has 0 aliphatic heterocycles. The van der Waals surface area contributed by atoms with Gasteiger partial charge in [-0.3, -0.25) is 9.59 Å². The second-order valence-corrected chi connectivity index (χ2v) is 5.27. The van der Waals surface area contributed by atoms with Gasteiger partial charge in [-0.05, 0) is 43.4 Å². The highest BCUT2D eigenvalue weighted by molar-refractivity contribution is 6.39. The Kier molecular flexibility index (Phi) is 4.39. The van der Waals surface area contributed by atoms with Crippen molar-refractivity contribution in [2.24, 2.45) is 0 Å². The number of hydrogen-bond donors (Lipinski definition) is 3. The van der Waals surface area contributed by atoms with Crippen molar-refractivity contribution in [2.45, 2.75) is 38.2 Å². The zero-order valence-electron chi connectivity index (χ0n) is 11.6. The van der Waals surface area contributed by atoms with Gasteiger partial charge in [0.15, 0.2) is 0 Å². The van der Waals surface area contributed by atoms with Gasteiger partial charge < -0.3 is 15.7 Å². The van der Waals surface area contributed by atoms with Gasteiger partial charge in [-0.1, -0.05) is 19.1 Å². The van der Waals surface area contributed by atoms with Crippen molar-refractivity contribution in [3.63, 3.8) is 0 Å². The largest absolute Gasteiger partial charge is 0.388 e. The molecule has 1 aromatic rings. The zero-order chi connectivity index (χ0) is 14.6. The van der Waals surface area contributed by atoms with Gasteiger partial charge in [0.25, 0.3) is 0 Å². The quantitative estimate of drug-likeness (QED) is 0.723. The molecule has 0 atom stereocenters. The first-order valence-corrected chi connectivity index (χ1v) is 6.93. The van der Waals surface area contributed by atoms with Crippen LogP contribution in [0.5, 0.6) is 0 Å². The number of carbonyl (C=O) groups excluding carboxylic acids is 2. The molecule has 2 rings (SSSR count). The predicted molar refractivity (Wildman–Crippen MR) is 76.3 cm³/mol. The van der Waals surface area contributed by atoms with Gasteiger partial charge >= 0.3 is 11.8 Å². The molecule has 5 heteroatoms. The van der Waals surface area contributed by atoms with Crippen LogP contribution in [0.2, 0.25) is 0 Å². The molecule has 0 bridgehead atoms. The Labute approximate surface area is 118 Å². The third kappa shape index (κ3) is 3.57. The van der Waals surface area contributed by atoms with E-state index < -0.39 is 17.4 Å². The normalized spacial score (nSPS) is 16.1. The first-order chi connectivity index (χ1) is 9.52. The molecule has 1 aromatic carbocycles. The smallest absolute Gasteiger partial charge is 0.313 e. The lowest BCUT2D eigenvalue weighted by molar-refractivity contribution is -0.137. The Hall–Kier alpha value is -1.88. The lowest BCUT2D eigenvalue weighted by atomic mass is 9.80. The zero-order valence-corrected chi connectivity index (χ0v) is 11.6. The molecule has 0 saturated heterocycles. The fourth-order valence-corrected chi connectivity index (χ4v) is 2.14. The fourth-order valence-electron chi connectivity index (χ4n) is 2.14. The first kappa shape index (κ1) is 14.5. The maximum absolute atomic E-state index is 11.7. The van der Waals surface area contributed by atoms with E-state index in [0.29, 0.717) is 18.5 Å². The molecule has 0 spiro atoms. The highest BCUT2D eigenvalue weighted by Crippen LogP contribution is 2.30. The Bertz CT molecular complexity index is 510. The van der Waals surface area contributed by atoms with Gasteiger partial charge in [0.1, 0.15) is 0 Å². The Morgan fingerprint density at radius 1 is 1.30 bits per heavy atom. The summed E-state index contributed by atoms with van der Waals surface area (Å²) in [6.07, 6.45) is 3.17. The van der Waals surface area contributed by atoms with Gasteiger partial charge in [0.2, 0.25) is 0 Å². The highest BCUT2D eigenvalue weighted by Gasteiger charge is 2.35. The van der Waals surface area contributed by atoms with Crippen molar-refractivity contribution in [3.8, 4) is 0 Å². The standard InChI is InChI=1S/C15H20N2O3/c1-2-11-5-3-6-12(9-11)17-14(19)13(18)16-10-15(20)7-4-8-15/h3,5-6,9,20H,2,4,7-8,10H2,1H3,(H,16,18)(H,17,19). The van der Waals surface area contributed by atoms with Gasteiger partial charge in [-0.25, -0.2) is 0 Å². The number of hydrogen-bond acceptors (Lipinski definition) is 3. The van der Waals surface area contributed by atoms with Crippen LogP contribution in [0.25, 0.3) is 0 Å². The van der Waals surface area contributed by atoms with E-state index in [4.69, 9.17) is 0 Å². The van der Waals surface area contributed by atoms with Crippen LogP contribution in [0, 0.1) is 0 Å². The number of benzene rings is 1. The Balaban J connectivity index is 1.85. The van der Waals surface area contributed by atoms with Crippen LogP contribution < -0.4 is 10.6 Å². The lowest BCUT2D eigenvalue weighted by Gasteiger charge is -2.36. The molecule has 1 aliphatic rings. The third-order valence-electron chi connectivity index (χ3n) is 3.66. The molecule has 0 unspecified atom stereocenters. The summed E-state index contributed by atoms with van der Waals surface area (Å²) >= 11 is 0. The van der Waals surface area contributed by atoms with Crippen LogP contribution >= 0.6 is 0 Å². The molecule has 5 nitrogen and oxygen atoms in total. The molecule has 0 heterocycles. The van der Waals surface area contributed by atoms with E-state index in [1.807, 2.05) is 25.1 Å². The van der Waals surface area contributed by atoms with Crippen molar-refractivity contribution in [2.75, 3.05) is 11.9 Å². The molecule has 0 radical (unpaired) electrons. The van der Waals surface area contributed by atoms with Crippen LogP contribution in [-0.4, -0.2) is 29.1 Å². The van der Waals surface area contributed by atoms with Crippen LogP contribution in [0.15, 0.2) is 24.3 Å². The third-order valence-corrected chi connectivity index (χ3v) is 3.66. The average Bonchev–Trinajstić information content (AvgIpc) is 2.42. The number of nitrogens with one attached hydrogen (secondary N) is 2. The average molecular weight is 276 g/mol. The minimum absolute atomic E-state index is 0.133. The molecule has 0 aromatic heterocycles. The molecule has 108 valence electrons. The maximum Gasteiger partial charge on any atom is 0.313 e. The van der Waals surface area contributed by atoms with Crippen molar-refractivity contribution in [1.82, 2.24) is 5.32 Å². The molecule has 3 N–H and O–H groups in total. The summed E-state index contributed by atoms with van der Waals surface area (Å²) in [5, 5.41) is 14.9. The summed E-state index contributed by atoms with van der Waals surface area (Å²) < 4.78 is 0. The predicted octanol–water partition coefficient (Wildman–Crippen LogP) is 1.22. The van der Waals surface area contributed by atoms with E-state index in [9.17, 15) is 14.7 Å². The molecule has 1 fully saturated rings. The molecular weight excluding hydrogens is 256 g/mol. The van der Waals surface area contributed by atoms with Crippen molar-refractivity contribution in [1.29, 1.82) is 0 Å². The topological polar surface area (TPSA) is 78.4 Å². The number of aryl methyl sites for hydroxylation is 1. The summed E-state index contributed by atoms with van der Waals surface area (Å²) in [5.41, 5.74) is 0.872. The van der Waals surface area contributed by atoms with Crippen molar-refractivity contribution < 1.29 is 14.7 Å². The van der Waals surface area contributed by atoms with Crippen molar-refractivity contribution in [3.05, 3.63) is 29.8 Å². The maximum atomic E-state index is 11.7. The second-order valence-electron chi connectivity index (χ2n) is 5.27. The van der Waals surface area contributed by atoms with E-state index in [2.05, 4.69) is 10.6 Å². The highest BCUT2D eigenvalue weighted by atomic mass is 16.3. The van der Waals surface area contributed by atoms with E-state index in [-0.39, 0.29) is 6.54 Å². The number of carbonyl (C=O) groups is 2. The number of aliphatic hydroxyl groups is 1. The van der Waals surface area contributed by atoms with Crippen LogP contribution in [0.4, 0.5) is 5.69 Å². The van der Waals surface area contributed by atoms with Crippen LogP contribution in [0.3, 0.4) is 0 Å². The Morgan fingerprint density at radius 3 is 2.65 bits per heavy atom. The fraction of sp³-hybridized carbons (Fsp3) is 0.467. The summed E-state index contributed by atoms with van der Waals surface area (Å²) in [7, 11) is 0. The van der Waals surface area contributed by atoms with Gasteiger partial charge in [-0.15, -0.1) is 0 Å². The summed E-state index contributed by atoms with van der Waals surface area (Å²) in [4.78, 5) is 23.4. The van der Waals surface area contributed by atoms with E-state index in [0.717, 1.165) is 18.4 Å². The minimum Gasteiger partial charge on any atom is -0.388 e. The van der Waals surface area contributed by atoms with Crippen molar-refractivity contribution >= 4 is 17.5 Å². The number of rotatable bonds is 4. The van der Waals surface area contributed by atoms with Crippen LogP contribution in [0.1, 0.15) is 31.7 Å². The van der Waals surface area contributed by atoms with Crippen LogP contribution in [-0.2, 0) is 16.0 Å². The summed E-state index contributed by atoms with van der Waals surface area (Å²) in [6, 6.07) is 7.37. The van der Waals surface area contributed by atoms with Gasteiger partial charge in [-0.2, -0.15) is 0 Å². The van der Waals surface area contributed by atoms with E-state index in [1.54, 1.807) is 6.07 Å². The monoisotopic (exact) mass is 276 g/mol. The molecule has 2 amide bonds. The Morgan fingerprint density at radius 2 is 2.05 bits per heavy atom. The van der Waals surface area contributed by atoms with Gasteiger partial charge in [0.05, 0.1) is 5.60 Å². The molecule has 1 saturated carbocycles. The lowest BCUT2D eigenvalue weighted by Crippen LogP contribution is -2.49.